The molecule has 0 fully saturated rings. The van der Waals surface area contributed by atoms with Gasteiger partial charge >= 0.3 is 12.1 Å². The third kappa shape index (κ3) is 6.69. The van der Waals surface area contributed by atoms with Crippen molar-refractivity contribution < 1.29 is 32.2 Å². The number of amides is 1. The summed E-state index contributed by atoms with van der Waals surface area (Å²) in [5, 5.41) is 4.85. The number of aryl methyl sites for hydroxylation is 1. The lowest BCUT2D eigenvalue weighted by molar-refractivity contribution is -0.146. The van der Waals surface area contributed by atoms with Gasteiger partial charge in [-0.1, -0.05) is 24.3 Å². The highest BCUT2D eigenvalue weighted by Crippen LogP contribution is 2.38. The number of likely N-dealkylation sites (N-methyl/N-ethyl adjacent to an activating group) is 1. The Hall–Kier alpha value is -4.35. The molecule has 1 aliphatic rings. The van der Waals surface area contributed by atoms with Gasteiger partial charge in [0.05, 0.1) is 30.7 Å². The Kier molecular flexibility index (Phi) is 8.95. The van der Waals surface area contributed by atoms with Gasteiger partial charge in [-0.05, 0) is 69.4 Å². The van der Waals surface area contributed by atoms with Crippen LogP contribution in [-0.2, 0) is 33.7 Å². The van der Waals surface area contributed by atoms with Crippen molar-refractivity contribution in [3.63, 3.8) is 0 Å². The Balaban J connectivity index is 1.47. The van der Waals surface area contributed by atoms with Crippen LogP contribution in [0.25, 0.3) is 22.0 Å². The first-order chi connectivity index (χ1) is 21.3. The van der Waals surface area contributed by atoms with E-state index in [9.17, 15) is 22.8 Å². The molecule has 1 amide bonds. The van der Waals surface area contributed by atoms with Crippen LogP contribution in [0.3, 0.4) is 0 Å². The maximum atomic E-state index is 14.5. The monoisotopic (exact) mass is 625 g/mol. The summed E-state index contributed by atoms with van der Waals surface area (Å²) in [5.74, 6) is -0.654. The van der Waals surface area contributed by atoms with E-state index >= 15 is 0 Å². The highest BCUT2D eigenvalue weighted by molar-refractivity contribution is 5.92. The number of halogens is 3. The molecule has 2 aromatic heterocycles. The number of nitrogens with zero attached hydrogens (tertiary/aromatic N) is 5. The van der Waals surface area contributed by atoms with Gasteiger partial charge in [-0.25, -0.2) is 27.7 Å². The fourth-order valence-electron chi connectivity index (χ4n) is 5.63. The quantitative estimate of drug-likeness (QED) is 0.195. The van der Waals surface area contributed by atoms with Gasteiger partial charge in [-0.15, -0.1) is 0 Å². The predicted octanol–water partition coefficient (Wildman–Crippen LogP) is 6.60. The molecule has 240 valence electrons. The zero-order valence-corrected chi connectivity index (χ0v) is 26.3. The van der Waals surface area contributed by atoms with Crippen LogP contribution in [0.5, 0.6) is 0 Å². The molecule has 0 saturated carbocycles. The lowest BCUT2D eigenvalue weighted by Gasteiger charge is -2.24. The molecule has 0 saturated heterocycles. The number of imidazole rings is 1. The smallest absolute Gasteiger partial charge is 0.410 e. The van der Waals surface area contributed by atoms with Gasteiger partial charge in [-0.2, -0.15) is 5.10 Å². The zero-order chi connectivity index (χ0) is 32.6. The number of fused-ring (bicyclic) bond motifs is 2. The van der Waals surface area contributed by atoms with Crippen LogP contribution in [0, 0.1) is 6.92 Å². The molecule has 0 bridgehead atoms. The molecule has 3 heterocycles. The topological polar surface area (TPSA) is 91.5 Å². The number of esters is 1. The number of aromatic nitrogens is 4. The number of rotatable bonds is 9. The second-order valence-electron chi connectivity index (χ2n) is 12.3. The summed E-state index contributed by atoms with van der Waals surface area (Å²) in [7, 11) is 1.68. The minimum absolute atomic E-state index is 0.0881. The van der Waals surface area contributed by atoms with E-state index in [4.69, 9.17) is 9.47 Å². The zero-order valence-electron chi connectivity index (χ0n) is 26.3. The summed E-state index contributed by atoms with van der Waals surface area (Å²) in [6.07, 6.45) is -0.746. The van der Waals surface area contributed by atoms with E-state index in [0.29, 0.717) is 41.0 Å². The SMILES string of the molecule is CCOC(=O)C(c1ncn2c1C[C@@H](F)C2)n1cc2c(C(F)F)cc(-c3ccc(CCN(C)C(=O)OC(C)(C)C)cc3)c(C)c2n1. The van der Waals surface area contributed by atoms with E-state index in [-0.39, 0.29) is 30.5 Å². The Labute approximate surface area is 259 Å². The van der Waals surface area contributed by atoms with Crippen LogP contribution >= 0.6 is 0 Å². The van der Waals surface area contributed by atoms with Crippen molar-refractivity contribution in [1.82, 2.24) is 24.2 Å². The Morgan fingerprint density at radius 1 is 1.18 bits per heavy atom. The molecule has 1 unspecified atom stereocenters. The maximum Gasteiger partial charge on any atom is 0.410 e. The van der Waals surface area contributed by atoms with E-state index in [1.807, 2.05) is 45.0 Å². The summed E-state index contributed by atoms with van der Waals surface area (Å²) in [5.41, 5.74) is 3.29. The molecule has 2 aromatic carbocycles. The fourth-order valence-corrected chi connectivity index (χ4v) is 5.63. The van der Waals surface area contributed by atoms with E-state index < -0.39 is 36.3 Å². The first kappa shape index (κ1) is 32.1. The summed E-state index contributed by atoms with van der Waals surface area (Å²) >= 11 is 0. The number of hydrogen-bond acceptors (Lipinski definition) is 6. The van der Waals surface area contributed by atoms with Crippen molar-refractivity contribution in [3.8, 4) is 11.1 Å². The molecule has 0 radical (unpaired) electrons. The molecule has 0 spiro atoms. The Bertz CT molecular complexity index is 1710. The van der Waals surface area contributed by atoms with Gasteiger partial charge in [-0.3, -0.25) is 4.68 Å². The van der Waals surface area contributed by atoms with Crippen molar-refractivity contribution in [2.75, 3.05) is 20.2 Å². The van der Waals surface area contributed by atoms with E-state index in [1.165, 1.54) is 28.2 Å². The van der Waals surface area contributed by atoms with Gasteiger partial charge in [0.25, 0.3) is 6.43 Å². The molecule has 0 N–H and O–H groups in total. The van der Waals surface area contributed by atoms with Crippen molar-refractivity contribution in [1.29, 1.82) is 0 Å². The maximum absolute atomic E-state index is 14.5. The first-order valence-corrected chi connectivity index (χ1v) is 15.0. The van der Waals surface area contributed by atoms with Crippen LogP contribution in [0.4, 0.5) is 18.0 Å². The van der Waals surface area contributed by atoms with Crippen LogP contribution in [0.1, 0.15) is 68.2 Å². The predicted molar refractivity (Wildman–Crippen MR) is 163 cm³/mol. The van der Waals surface area contributed by atoms with Crippen molar-refractivity contribution in [2.24, 2.45) is 0 Å². The van der Waals surface area contributed by atoms with Crippen molar-refractivity contribution in [2.45, 2.75) is 78.2 Å². The molecule has 1 aliphatic heterocycles. The van der Waals surface area contributed by atoms with Crippen molar-refractivity contribution in [3.05, 3.63) is 70.9 Å². The van der Waals surface area contributed by atoms with Gasteiger partial charge in [0.15, 0.2) is 6.04 Å². The average Bonchev–Trinajstić information content (AvgIpc) is 3.67. The lowest BCUT2D eigenvalue weighted by Crippen LogP contribution is -2.35. The molecule has 12 heteroatoms. The van der Waals surface area contributed by atoms with Gasteiger partial charge in [0.1, 0.15) is 11.8 Å². The standard InChI is InChI=1S/C33H38F3N5O4/c1-7-44-31(42)29(28-26-14-22(34)16-40(26)18-37-28)41-17-25-24(30(35)36)15-23(19(2)27(25)38-41)21-10-8-20(9-11-21)12-13-39(6)32(43)45-33(3,4)5/h8-11,15,17-18,22,29-30H,7,12-14,16H2,1-6H3/t22-,29?/m1/s1. The number of benzene rings is 2. The number of ether oxygens (including phenoxy) is 2. The second kappa shape index (κ2) is 12.6. The molecule has 9 nitrogen and oxygen atoms in total. The molecule has 4 aromatic rings. The third-order valence-corrected chi connectivity index (χ3v) is 7.86. The normalized spacial score (nSPS) is 15.4. The highest BCUT2D eigenvalue weighted by Gasteiger charge is 2.35. The summed E-state index contributed by atoms with van der Waals surface area (Å²) in [6.45, 7) is 9.58. The number of carbonyl (C=O) groups is 2. The van der Waals surface area contributed by atoms with Gasteiger partial charge < -0.3 is 18.9 Å². The molecule has 0 aliphatic carbocycles. The third-order valence-electron chi connectivity index (χ3n) is 7.86. The summed E-state index contributed by atoms with van der Waals surface area (Å²) < 4.78 is 56.9. The van der Waals surface area contributed by atoms with Crippen LogP contribution in [-0.4, -0.2) is 68.3 Å². The molecular formula is C33H38F3N5O4. The summed E-state index contributed by atoms with van der Waals surface area (Å²) in [6, 6.07) is 7.80. The molecular weight excluding hydrogens is 587 g/mol. The minimum atomic E-state index is -2.81. The number of hydrogen-bond donors (Lipinski definition) is 0. The van der Waals surface area contributed by atoms with Gasteiger partial charge in [0, 0.05) is 42.9 Å². The highest BCUT2D eigenvalue weighted by atomic mass is 19.3. The minimum Gasteiger partial charge on any atom is -0.464 e. The molecule has 45 heavy (non-hydrogen) atoms. The first-order valence-electron chi connectivity index (χ1n) is 15.0. The molecule has 2 atom stereocenters. The average molecular weight is 626 g/mol. The Morgan fingerprint density at radius 2 is 1.89 bits per heavy atom. The van der Waals surface area contributed by atoms with Crippen LogP contribution < -0.4 is 0 Å². The van der Waals surface area contributed by atoms with E-state index in [1.54, 1.807) is 25.5 Å². The van der Waals surface area contributed by atoms with Crippen LogP contribution in [0.2, 0.25) is 0 Å². The summed E-state index contributed by atoms with van der Waals surface area (Å²) in [4.78, 5) is 31.4. The second-order valence-corrected chi connectivity index (χ2v) is 12.3. The fraction of sp³-hybridized carbons (Fsp3) is 0.455. The number of carbonyl (C=O) groups excluding carboxylic acids is 2. The van der Waals surface area contributed by atoms with Crippen molar-refractivity contribution >= 4 is 23.0 Å². The van der Waals surface area contributed by atoms with Gasteiger partial charge in [0.2, 0.25) is 0 Å². The van der Waals surface area contributed by atoms with Crippen LogP contribution in [0.15, 0.2) is 42.9 Å². The Morgan fingerprint density at radius 3 is 2.53 bits per heavy atom. The number of alkyl halides is 3. The van der Waals surface area contributed by atoms with E-state index in [0.717, 1.165) is 11.1 Å². The largest absolute Gasteiger partial charge is 0.464 e. The van der Waals surface area contributed by atoms with E-state index in [2.05, 4.69) is 10.1 Å². The molecule has 5 rings (SSSR count). The lowest BCUT2D eigenvalue weighted by atomic mass is 9.94.